The summed E-state index contributed by atoms with van der Waals surface area (Å²) in [5.74, 6) is -2.51. The Hall–Kier alpha value is -4.94. The summed E-state index contributed by atoms with van der Waals surface area (Å²) in [5, 5.41) is -0.0225. The van der Waals surface area contributed by atoms with Crippen LogP contribution in [0.15, 0.2) is 76.1 Å². The number of esters is 2. The Morgan fingerprint density at radius 2 is 1.47 bits per heavy atom. The lowest BCUT2D eigenvalue weighted by Gasteiger charge is -2.21. The highest BCUT2D eigenvalue weighted by Crippen LogP contribution is 2.46. The summed E-state index contributed by atoms with van der Waals surface area (Å²) in [6.07, 6.45) is 8.97. The van der Waals surface area contributed by atoms with Crippen LogP contribution < -0.4 is 18.9 Å². The van der Waals surface area contributed by atoms with E-state index in [1.807, 2.05) is 6.92 Å². The third-order valence-electron chi connectivity index (χ3n) is 9.00. The summed E-state index contributed by atoms with van der Waals surface area (Å²) in [6.45, 7) is 11.7. The van der Waals surface area contributed by atoms with Crippen LogP contribution in [-0.2, 0) is 26.0 Å². The van der Waals surface area contributed by atoms with E-state index in [1.165, 1.54) is 18.9 Å². The minimum absolute atomic E-state index is 0.0219. The molecule has 0 radical (unpaired) electrons. The van der Waals surface area contributed by atoms with Crippen LogP contribution in [0.5, 0.6) is 17.2 Å². The van der Waals surface area contributed by atoms with Gasteiger partial charge >= 0.3 is 11.9 Å². The van der Waals surface area contributed by atoms with Gasteiger partial charge in [0.2, 0.25) is 0 Å². The fourth-order valence-electron chi connectivity index (χ4n) is 6.14. The molecule has 2 heterocycles. The first-order chi connectivity index (χ1) is 25.6. The van der Waals surface area contributed by atoms with Gasteiger partial charge in [0, 0.05) is 36.7 Å². The average Bonchev–Trinajstić information content (AvgIpc) is 3.52. The van der Waals surface area contributed by atoms with E-state index in [-0.39, 0.29) is 28.0 Å². The molecular formula is C41H48N2O9S. The molecule has 1 aromatic heterocycles. The molecule has 3 aromatic carbocycles. The number of carbonyl (C=O) groups excluding carboxylic acids is 3. The first-order valence-corrected chi connectivity index (χ1v) is 19.9. The molecule has 11 nitrogen and oxygen atoms in total. The van der Waals surface area contributed by atoms with Crippen molar-refractivity contribution >= 4 is 44.4 Å². The van der Waals surface area contributed by atoms with Crippen molar-refractivity contribution in [1.82, 2.24) is 4.90 Å². The van der Waals surface area contributed by atoms with Crippen molar-refractivity contribution in [2.75, 3.05) is 31.0 Å². The number of fused-ring (bicyclic) bond motifs is 4. The quantitative estimate of drug-likeness (QED) is 0.0433. The number of nitrogens with one attached hydrogen (secondary N) is 1. The Morgan fingerprint density at radius 3 is 2.13 bits per heavy atom. The first-order valence-electron chi connectivity index (χ1n) is 18.4. The zero-order valence-electron chi connectivity index (χ0n) is 30.9. The normalized spacial score (nSPS) is 13.6. The molecule has 1 aliphatic heterocycles. The van der Waals surface area contributed by atoms with Gasteiger partial charge in [-0.25, -0.2) is 18.0 Å². The van der Waals surface area contributed by atoms with Gasteiger partial charge in [-0.3, -0.25) is 9.52 Å². The molecule has 282 valence electrons. The average molecular weight is 745 g/mol. The van der Waals surface area contributed by atoms with Gasteiger partial charge in [-0.2, -0.15) is 0 Å². The fraction of sp³-hybridized carbons (Fsp3) is 0.390. The number of sulfonamides is 1. The Balaban J connectivity index is 1.52. The SMILES string of the molecule is CCCCc1oc2cc3c(S(=O)(=O)Nc4ccccc4C)c(c2c1C(=O)c1ccc(OCCCN(CCCC)CCCC)cc1)OC(=O)/C=C/C(=O)O3. The summed E-state index contributed by atoms with van der Waals surface area (Å²) in [7, 11) is -4.60. The summed E-state index contributed by atoms with van der Waals surface area (Å²) >= 11 is 0. The number of hydrogen-bond acceptors (Lipinski definition) is 10. The van der Waals surface area contributed by atoms with Gasteiger partial charge < -0.3 is 23.5 Å². The van der Waals surface area contributed by atoms with E-state index >= 15 is 0 Å². The van der Waals surface area contributed by atoms with Crippen molar-refractivity contribution in [2.24, 2.45) is 0 Å². The minimum atomic E-state index is -4.60. The summed E-state index contributed by atoms with van der Waals surface area (Å²) < 4.78 is 54.3. The van der Waals surface area contributed by atoms with Crippen LogP contribution in [0.2, 0.25) is 0 Å². The Kier molecular flexibility index (Phi) is 13.5. The van der Waals surface area contributed by atoms with Gasteiger partial charge in [-0.05, 0) is 81.6 Å². The number of ketones is 1. The fourth-order valence-corrected chi connectivity index (χ4v) is 7.51. The van der Waals surface area contributed by atoms with E-state index in [0.717, 1.165) is 57.5 Å². The Bertz CT molecular complexity index is 2060. The zero-order valence-corrected chi connectivity index (χ0v) is 31.7. The molecule has 0 saturated heterocycles. The Morgan fingerprint density at radius 1 is 0.830 bits per heavy atom. The molecule has 0 unspecified atom stereocenters. The molecule has 12 heteroatoms. The number of hydrogen-bond donors (Lipinski definition) is 1. The summed E-state index contributed by atoms with van der Waals surface area (Å²) in [4.78, 5) is 42.0. The number of para-hydroxylation sites is 1. The van der Waals surface area contributed by atoms with E-state index < -0.39 is 44.1 Å². The highest BCUT2D eigenvalue weighted by molar-refractivity contribution is 7.93. The van der Waals surface area contributed by atoms with Gasteiger partial charge in [0.25, 0.3) is 10.0 Å². The van der Waals surface area contributed by atoms with E-state index in [4.69, 9.17) is 18.6 Å². The van der Waals surface area contributed by atoms with E-state index in [0.29, 0.717) is 36.3 Å². The third-order valence-corrected chi connectivity index (χ3v) is 10.4. The smallest absolute Gasteiger partial charge is 0.336 e. The van der Waals surface area contributed by atoms with Crippen molar-refractivity contribution < 1.29 is 41.4 Å². The molecule has 4 aromatic rings. The number of ether oxygens (including phenoxy) is 3. The van der Waals surface area contributed by atoms with Crippen LogP contribution in [0, 0.1) is 6.92 Å². The molecule has 1 N–H and O–H groups in total. The number of aryl methyl sites for hydroxylation is 2. The van der Waals surface area contributed by atoms with E-state index in [9.17, 15) is 22.8 Å². The van der Waals surface area contributed by atoms with Crippen LogP contribution in [-0.4, -0.2) is 57.3 Å². The van der Waals surface area contributed by atoms with Crippen molar-refractivity contribution in [3.05, 3.63) is 89.2 Å². The number of nitrogens with zero attached hydrogens (tertiary/aromatic N) is 1. The molecule has 5 rings (SSSR count). The van der Waals surface area contributed by atoms with Crippen LogP contribution in [0.1, 0.15) is 93.0 Å². The standard InChI is InChI=1S/C41H48N2O9S/c1-5-8-16-32-37(39(46)29-17-19-30(20-18-29)49-26-13-25-43(23-9-6-2)24-10-7-3)38-33(50-32)27-34-41(40(38)52-36(45)22-21-35(44)51-34)53(47,48)42-31-15-12-11-14-28(31)4/h11-12,14-15,17-22,27,42H,5-10,13,16,23-26H2,1-4H3/b22-21+. The summed E-state index contributed by atoms with van der Waals surface area (Å²) in [5.41, 5.74) is 1.25. The molecule has 0 aliphatic carbocycles. The second-order valence-electron chi connectivity index (χ2n) is 13.1. The van der Waals surface area contributed by atoms with Crippen LogP contribution >= 0.6 is 0 Å². The monoisotopic (exact) mass is 744 g/mol. The molecule has 1 aliphatic rings. The predicted molar refractivity (Wildman–Crippen MR) is 203 cm³/mol. The Labute approximate surface area is 311 Å². The molecule has 2 bridgehead atoms. The maximum atomic E-state index is 14.4. The lowest BCUT2D eigenvalue weighted by atomic mass is 9.97. The third kappa shape index (κ3) is 9.74. The number of anilines is 1. The maximum absolute atomic E-state index is 14.4. The second kappa shape index (κ2) is 18.2. The van der Waals surface area contributed by atoms with Crippen molar-refractivity contribution in [1.29, 1.82) is 0 Å². The molecule has 0 fully saturated rings. The minimum Gasteiger partial charge on any atom is -0.494 e. The molecule has 0 amide bonds. The van der Waals surface area contributed by atoms with Crippen molar-refractivity contribution in [3.63, 3.8) is 0 Å². The highest BCUT2D eigenvalue weighted by atomic mass is 32.2. The molecule has 0 spiro atoms. The molecular weight excluding hydrogens is 697 g/mol. The largest absolute Gasteiger partial charge is 0.494 e. The second-order valence-corrected chi connectivity index (χ2v) is 14.7. The van der Waals surface area contributed by atoms with Crippen LogP contribution in [0.25, 0.3) is 11.0 Å². The zero-order chi connectivity index (χ0) is 38.0. The number of benzene rings is 3. The van der Waals surface area contributed by atoms with Crippen LogP contribution in [0.4, 0.5) is 5.69 Å². The van der Waals surface area contributed by atoms with Crippen molar-refractivity contribution in [2.45, 2.75) is 84.0 Å². The number of unbranched alkanes of at least 4 members (excludes halogenated alkanes) is 3. The van der Waals surface area contributed by atoms with Gasteiger partial charge in [-0.1, -0.05) is 58.2 Å². The molecule has 0 atom stereocenters. The molecule has 0 saturated carbocycles. The van der Waals surface area contributed by atoms with Crippen LogP contribution in [0.3, 0.4) is 0 Å². The van der Waals surface area contributed by atoms with Gasteiger partial charge in [0.15, 0.2) is 22.2 Å². The predicted octanol–water partition coefficient (Wildman–Crippen LogP) is 8.17. The van der Waals surface area contributed by atoms with E-state index in [2.05, 4.69) is 23.5 Å². The van der Waals surface area contributed by atoms with Gasteiger partial charge in [-0.15, -0.1) is 0 Å². The lowest BCUT2D eigenvalue weighted by Crippen LogP contribution is -2.28. The van der Waals surface area contributed by atoms with E-state index in [1.54, 1.807) is 55.5 Å². The summed E-state index contributed by atoms with van der Waals surface area (Å²) in [6, 6.07) is 14.7. The van der Waals surface area contributed by atoms with Gasteiger partial charge in [0.1, 0.15) is 17.1 Å². The molecule has 53 heavy (non-hydrogen) atoms. The van der Waals surface area contributed by atoms with Gasteiger partial charge in [0.05, 0.1) is 23.2 Å². The first kappa shape index (κ1) is 39.3. The topological polar surface area (TPSA) is 141 Å². The number of carbonyl (C=O) groups is 3. The maximum Gasteiger partial charge on any atom is 0.336 e. The lowest BCUT2D eigenvalue weighted by molar-refractivity contribution is -0.131. The highest BCUT2D eigenvalue weighted by Gasteiger charge is 2.36. The number of rotatable bonds is 19. The van der Waals surface area contributed by atoms with Crippen molar-refractivity contribution in [3.8, 4) is 17.2 Å². The number of furan rings is 1.